The van der Waals surface area contributed by atoms with Crippen LogP contribution in [0.25, 0.3) is 0 Å². The van der Waals surface area contributed by atoms with E-state index in [1.165, 1.54) is 21.1 Å². The van der Waals surface area contributed by atoms with Gasteiger partial charge in [-0.3, -0.25) is 14.4 Å². The molecule has 1 saturated heterocycles. The number of ether oxygens (including phenoxy) is 1. The summed E-state index contributed by atoms with van der Waals surface area (Å²) in [6, 6.07) is 7.09. The van der Waals surface area contributed by atoms with Crippen molar-refractivity contribution in [1.82, 2.24) is 15.2 Å². The van der Waals surface area contributed by atoms with Crippen molar-refractivity contribution in [1.29, 1.82) is 0 Å². The molecule has 0 bridgehead atoms. The third-order valence-electron chi connectivity index (χ3n) is 6.09. The predicted octanol–water partition coefficient (Wildman–Crippen LogP) is 2.49. The zero-order chi connectivity index (χ0) is 21.4. The first kappa shape index (κ1) is 20.0. The number of hydrogen-bond donors (Lipinski definition) is 2. The molecule has 2 aliphatic heterocycles. The molecule has 9 heteroatoms. The lowest BCUT2D eigenvalue weighted by Crippen LogP contribution is -2.56. The molecular weight excluding hydrogens is 416 g/mol. The normalized spacial score (nSPS) is 22.8. The highest BCUT2D eigenvalue weighted by atomic mass is 32.1. The molecule has 8 nitrogen and oxygen atoms in total. The Labute approximate surface area is 184 Å². The number of rotatable bonds is 3. The highest BCUT2D eigenvalue weighted by Gasteiger charge is 2.42. The van der Waals surface area contributed by atoms with Crippen LogP contribution in [0.1, 0.15) is 53.0 Å². The Morgan fingerprint density at radius 2 is 2.03 bits per heavy atom. The molecule has 3 aliphatic rings. The predicted molar refractivity (Wildman–Crippen MR) is 115 cm³/mol. The molecule has 3 heterocycles. The van der Waals surface area contributed by atoms with Crippen molar-refractivity contribution < 1.29 is 19.1 Å². The van der Waals surface area contributed by atoms with Crippen molar-refractivity contribution in [2.75, 3.05) is 18.4 Å². The number of para-hydroxylation sites is 1. The minimum atomic E-state index is -0.930. The molecular formula is C22H24N4O4S. The Hall–Kier alpha value is -2.94. The standard InChI is InChI=1S/C22H24N4O4S/c27-18(24-21-23-15-6-2-4-8-17(15)31-21)13-26-12-11-22(10-9-19(26)28)25-20(29)14-5-1-3-7-16(14)30-22/h1,3,5,7H,2,4,6,8-13H2,(H,25,29)(H,23,24,27). The summed E-state index contributed by atoms with van der Waals surface area (Å²) >= 11 is 1.53. The summed E-state index contributed by atoms with van der Waals surface area (Å²) in [6.45, 7) is 0.284. The van der Waals surface area contributed by atoms with Crippen molar-refractivity contribution >= 4 is 34.2 Å². The van der Waals surface area contributed by atoms with Gasteiger partial charge >= 0.3 is 0 Å². The second kappa shape index (κ2) is 7.96. The molecule has 5 rings (SSSR count). The van der Waals surface area contributed by atoms with Crippen LogP contribution in [-0.2, 0) is 22.4 Å². The molecule has 1 unspecified atom stereocenters. The summed E-state index contributed by atoms with van der Waals surface area (Å²) in [5.41, 5.74) is 0.650. The van der Waals surface area contributed by atoms with Crippen molar-refractivity contribution in [3.05, 3.63) is 40.4 Å². The fourth-order valence-electron chi connectivity index (χ4n) is 4.42. The van der Waals surface area contributed by atoms with Gasteiger partial charge in [0.05, 0.1) is 17.8 Å². The monoisotopic (exact) mass is 440 g/mol. The SMILES string of the molecule is O=C(CN1CCC2(CCC1=O)NC(=O)c1ccccc1O2)Nc1nc2c(s1)CCCC2. The van der Waals surface area contributed by atoms with Crippen LogP contribution in [-0.4, -0.2) is 46.4 Å². The highest BCUT2D eigenvalue weighted by molar-refractivity contribution is 7.15. The van der Waals surface area contributed by atoms with E-state index in [2.05, 4.69) is 15.6 Å². The smallest absolute Gasteiger partial charge is 0.258 e. The minimum Gasteiger partial charge on any atom is -0.467 e. The maximum absolute atomic E-state index is 12.7. The van der Waals surface area contributed by atoms with Gasteiger partial charge in [-0.1, -0.05) is 12.1 Å². The van der Waals surface area contributed by atoms with Crippen LogP contribution in [0.4, 0.5) is 5.13 Å². The number of likely N-dealkylation sites (tertiary alicyclic amines) is 1. The topological polar surface area (TPSA) is 101 Å². The first-order chi connectivity index (χ1) is 15.0. The molecule has 1 spiro atoms. The second-order valence-corrected chi connectivity index (χ2v) is 9.34. The molecule has 0 radical (unpaired) electrons. The zero-order valence-electron chi connectivity index (χ0n) is 17.1. The van der Waals surface area contributed by atoms with Gasteiger partial charge in [-0.2, -0.15) is 0 Å². The molecule has 1 aromatic carbocycles. The first-order valence-corrected chi connectivity index (χ1v) is 11.5. The van der Waals surface area contributed by atoms with E-state index >= 15 is 0 Å². The number of carbonyl (C=O) groups excluding carboxylic acids is 3. The van der Waals surface area contributed by atoms with Crippen molar-refractivity contribution in [3.8, 4) is 5.75 Å². The number of aromatic nitrogens is 1. The summed E-state index contributed by atoms with van der Waals surface area (Å²) in [5, 5.41) is 6.40. The number of carbonyl (C=O) groups is 3. The van der Waals surface area contributed by atoms with Crippen molar-refractivity contribution in [3.63, 3.8) is 0 Å². The zero-order valence-corrected chi connectivity index (χ0v) is 17.9. The lowest BCUT2D eigenvalue weighted by Gasteiger charge is -2.38. The van der Waals surface area contributed by atoms with Crippen molar-refractivity contribution in [2.24, 2.45) is 0 Å². The van der Waals surface area contributed by atoms with Gasteiger partial charge in [0.1, 0.15) is 5.75 Å². The van der Waals surface area contributed by atoms with Gasteiger partial charge in [0.15, 0.2) is 10.9 Å². The Balaban J connectivity index is 1.24. The van der Waals surface area contributed by atoms with Gasteiger partial charge in [0.2, 0.25) is 11.8 Å². The number of nitrogens with one attached hydrogen (secondary N) is 2. The molecule has 1 atom stereocenters. The van der Waals surface area contributed by atoms with Gasteiger partial charge in [-0.15, -0.1) is 11.3 Å². The highest BCUT2D eigenvalue weighted by Crippen LogP contribution is 2.34. The number of nitrogens with zero attached hydrogens (tertiary/aromatic N) is 2. The van der Waals surface area contributed by atoms with Crippen LogP contribution in [0.15, 0.2) is 24.3 Å². The quantitative estimate of drug-likeness (QED) is 0.764. The van der Waals surface area contributed by atoms with Gasteiger partial charge < -0.3 is 20.3 Å². The summed E-state index contributed by atoms with van der Waals surface area (Å²) in [7, 11) is 0. The number of thiazole rings is 1. The second-order valence-electron chi connectivity index (χ2n) is 8.26. The number of amides is 3. The Morgan fingerprint density at radius 1 is 1.19 bits per heavy atom. The molecule has 162 valence electrons. The van der Waals surface area contributed by atoms with E-state index in [1.807, 2.05) is 6.07 Å². The Morgan fingerprint density at radius 3 is 2.90 bits per heavy atom. The summed E-state index contributed by atoms with van der Waals surface area (Å²) in [5.74, 6) is -0.0534. The van der Waals surface area contributed by atoms with Gasteiger partial charge in [0.25, 0.3) is 5.91 Å². The van der Waals surface area contributed by atoms with E-state index in [0.29, 0.717) is 35.8 Å². The molecule has 2 N–H and O–H groups in total. The van der Waals surface area contributed by atoms with Crippen LogP contribution < -0.4 is 15.4 Å². The van der Waals surface area contributed by atoms with E-state index in [9.17, 15) is 14.4 Å². The fraction of sp³-hybridized carbons (Fsp3) is 0.455. The number of fused-ring (bicyclic) bond motifs is 2. The lowest BCUT2D eigenvalue weighted by molar-refractivity contribution is -0.134. The number of aryl methyl sites for hydroxylation is 2. The number of hydrogen-bond acceptors (Lipinski definition) is 6. The van der Waals surface area contributed by atoms with E-state index in [0.717, 1.165) is 31.4 Å². The van der Waals surface area contributed by atoms with E-state index in [4.69, 9.17) is 4.74 Å². The molecule has 0 saturated carbocycles. The number of anilines is 1. The molecule has 1 fully saturated rings. The molecule has 2 aromatic rings. The largest absolute Gasteiger partial charge is 0.467 e. The van der Waals surface area contributed by atoms with Crippen LogP contribution >= 0.6 is 11.3 Å². The number of benzene rings is 1. The summed E-state index contributed by atoms with van der Waals surface area (Å²) in [4.78, 5) is 45.1. The summed E-state index contributed by atoms with van der Waals surface area (Å²) < 4.78 is 6.13. The van der Waals surface area contributed by atoms with E-state index < -0.39 is 5.72 Å². The molecule has 3 amide bonds. The Kier molecular flexibility index (Phi) is 5.13. The van der Waals surface area contributed by atoms with Crippen molar-refractivity contribution in [2.45, 2.75) is 50.7 Å². The summed E-state index contributed by atoms with van der Waals surface area (Å²) in [6.07, 6.45) is 5.25. The average Bonchev–Trinajstić information content (AvgIpc) is 3.11. The lowest BCUT2D eigenvalue weighted by atomic mass is 10.0. The maximum Gasteiger partial charge on any atom is 0.258 e. The minimum absolute atomic E-state index is 0.0380. The average molecular weight is 441 g/mol. The van der Waals surface area contributed by atoms with E-state index in [-0.39, 0.29) is 30.7 Å². The fourth-order valence-corrected chi connectivity index (χ4v) is 5.48. The van der Waals surface area contributed by atoms with Gasteiger partial charge in [-0.25, -0.2) is 4.98 Å². The van der Waals surface area contributed by atoms with Crippen LogP contribution in [0, 0.1) is 0 Å². The van der Waals surface area contributed by atoms with Crippen LogP contribution in [0.5, 0.6) is 5.75 Å². The third kappa shape index (κ3) is 4.01. The van der Waals surface area contributed by atoms with Crippen LogP contribution in [0.2, 0.25) is 0 Å². The molecule has 1 aliphatic carbocycles. The first-order valence-electron chi connectivity index (χ1n) is 10.7. The van der Waals surface area contributed by atoms with Gasteiger partial charge in [-0.05, 0) is 37.8 Å². The molecule has 31 heavy (non-hydrogen) atoms. The van der Waals surface area contributed by atoms with E-state index in [1.54, 1.807) is 18.2 Å². The Bertz CT molecular complexity index is 1030. The maximum atomic E-state index is 12.7. The van der Waals surface area contributed by atoms with Crippen LogP contribution in [0.3, 0.4) is 0 Å². The molecule has 1 aromatic heterocycles. The van der Waals surface area contributed by atoms with Gasteiger partial charge in [0, 0.05) is 30.7 Å². The third-order valence-corrected chi connectivity index (χ3v) is 7.16.